The van der Waals surface area contributed by atoms with Crippen molar-refractivity contribution in [1.82, 2.24) is 14.9 Å². The number of esters is 2. The highest BCUT2D eigenvalue weighted by Gasteiger charge is 2.23. The second-order valence-corrected chi connectivity index (χ2v) is 10.5. The molecule has 2 N–H and O–H groups in total. The molecule has 0 bridgehead atoms. The molecular formula is C31H35ClFN5O6. The van der Waals surface area contributed by atoms with Crippen molar-refractivity contribution in [2.24, 2.45) is 5.92 Å². The van der Waals surface area contributed by atoms with Crippen LogP contribution >= 0.6 is 11.6 Å². The van der Waals surface area contributed by atoms with Gasteiger partial charge in [-0.2, -0.15) is 0 Å². The Morgan fingerprint density at radius 1 is 1.09 bits per heavy atom. The fourth-order valence-corrected chi connectivity index (χ4v) is 4.37. The van der Waals surface area contributed by atoms with Gasteiger partial charge < -0.3 is 24.8 Å². The van der Waals surface area contributed by atoms with Crippen LogP contribution in [0.3, 0.4) is 0 Å². The molecule has 1 saturated carbocycles. The number of carbonyl (C=O) groups excluding carboxylic acids is 3. The van der Waals surface area contributed by atoms with Crippen molar-refractivity contribution in [3.8, 4) is 5.75 Å². The summed E-state index contributed by atoms with van der Waals surface area (Å²) >= 11 is 5.95. The molecule has 2 aromatic carbocycles. The number of nitrogens with zero attached hydrogens (tertiary/aromatic N) is 3. The van der Waals surface area contributed by atoms with Gasteiger partial charge in [0.05, 0.1) is 49.0 Å². The number of anilines is 3. The first-order valence-electron chi connectivity index (χ1n) is 14.4. The van der Waals surface area contributed by atoms with Crippen molar-refractivity contribution in [2.75, 3.05) is 50.1 Å². The van der Waals surface area contributed by atoms with Gasteiger partial charge in [-0.1, -0.05) is 17.7 Å². The maximum absolute atomic E-state index is 13.7. The minimum atomic E-state index is -0.539. The lowest BCUT2D eigenvalue weighted by Crippen LogP contribution is -2.33. The first-order valence-corrected chi connectivity index (χ1v) is 14.8. The molecule has 1 aliphatic carbocycles. The molecule has 1 amide bonds. The van der Waals surface area contributed by atoms with E-state index in [2.05, 4.69) is 20.6 Å². The molecular weight excluding hydrogens is 593 g/mol. The van der Waals surface area contributed by atoms with Crippen LogP contribution < -0.4 is 15.4 Å². The Bertz CT molecular complexity index is 1520. The van der Waals surface area contributed by atoms with Crippen LogP contribution in [0, 0.1) is 11.7 Å². The second kappa shape index (κ2) is 16.0. The molecule has 1 heterocycles. The lowest BCUT2D eigenvalue weighted by molar-refractivity contribution is -0.147. The van der Waals surface area contributed by atoms with Crippen molar-refractivity contribution in [2.45, 2.75) is 33.1 Å². The summed E-state index contributed by atoms with van der Waals surface area (Å²) in [6, 6.07) is 7.68. The fraction of sp³-hybridized carbons (Fsp3) is 0.387. The molecule has 11 nitrogen and oxygen atoms in total. The molecule has 3 aromatic rings. The standard InChI is InChI=1S/C31H35ClFN5O6/c1-3-42-29(40)11-13-38(17-30(41)43-4-2)12-5-6-28(39)37-26-15-22-25(16-27(26)44-18-20-7-8-20)34-19-35-31(22)36-21-9-10-24(33)23(32)14-21/h5-6,9-10,14-16,19-20H,3-4,7-8,11-13,17-18H2,1-2H3,(H,37,39)(H,34,35,36)/b6-5+. The SMILES string of the molecule is CCOC(=O)CCN(C/C=C/C(=O)Nc1cc2c(Nc3ccc(F)c(Cl)c3)ncnc2cc1OCC1CC1)CC(=O)OCC. The maximum Gasteiger partial charge on any atom is 0.320 e. The Morgan fingerprint density at radius 3 is 2.59 bits per heavy atom. The number of aromatic nitrogens is 2. The van der Waals surface area contributed by atoms with Crippen LogP contribution in [0.1, 0.15) is 33.1 Å². The first kappa shape index (κ1) is 32.6. The van der Waals surface area contributed by atoms with Gasteiger partial charge in [-0.25, -0.2) is 14.4 Å². The molecule has 0 spiro atoms. The van der Waals surface area contributed by atoms with E-state index < -0.39 is 17.7 Å². The lowest BCUT2D eigenvalue weighted by atomic mass is 10.1. The van der Waals surface area contributed by atoms with Crippen LogP contribution in [0.15, 0.2) is 48.8 Å². The second-order valence-electron chi connectivity index (χ2n) is 10.1. The van der Waals surface area contributed by atoms with E-state index in [9.17, 15) is 18.8 Å². The zero-order valence-electron chi connectivity index (χ0n) is 24.6. The number of carbonyl (C=O) groups is 3. The molecule has 1 aromatic heterocycles. The summed E-state index contributed by atoms with van der Waals surface area (Å²) < 4.78 is 29.7. The molecule has 44 heavy (non-hydrogen) atoms. The smallest absolute Gasteiger partial charge is 0.320 e. The quantitative estimate of drug-likeness (QED) is 0.160. The van der Waals surface area contributed by atoms with Crippen molar-refractivity contribution in [3.63, 3.8) is 0 Å². The molecule has 4 rings (SSSR count). The van der Waals surface area contributed by atoms with Gasteiger partial charge >= 0.3 is 11.9 Å². The minimum Gasteiger partial charge on any atom is -0.491 e. The molecule has 234 valence electrons. The van der Waals surface area contributed by atoms with Gasteiger partial charge in [0.1, 0.15) is 23.7 Å². The topological polar surface area (TPSA) is 132 Å². The van der Waals surface area contributed by atoms with Crippen molar-refractivity contribution < 1.29 is 33.0 Å². The van der Waals surface area contributed by atoms with Crippen LogP contribution in [-0.2, 0) is 23.9 Å². The Balaban J connectivity index is 1.51. The molecule has 0 aliphatic heterocycles. The Kier molecular flexibility index (Phi) is 11.8. The highest BCUT2D eigenvalue weighted by atomic mass is 35.5. The number of fused-ring (bicyclic) bond motifs is 1. The van der Waals surface area contributed by atoms with Gasteiger partial charge in [0.25, 0.3) is 0 Å². The third kappa shape index (κ3) is 9.88. The molecule has 0 saturated heterocycles. The van der Waals surface area contributed by atoms with E-state index in [1.165, 1.54) is 30.6 Å². The zero-order valence-corrected chi connectivity index (χ0v) is 25.4. The van der Waals surface area contributed by atoms with Gasteiger partial charge in [-0.05, 0) is 56.9 Å². The Morgan fingerprint density at radius 2 is 1.86 bits per heavy atom. The number of rotatable bonds is 16. The summed E-state index contributed by atoms with van der Waals surface area (Å²) in [4.78, 5) is 47.3. The summed E-state index contributed by atoms with van der Waals surface area (Å²) in [5.41, 5.74) is 1.51. The fourth-order valence-electron chi connectivity index (χ4n) is 4.19. The van der Waals surface area contributed by atoms with Crippen LogP contribution in [0.2, 0.25) is 5.02 Å². The highest BCUT2D eigenvalue weighted by Crippen LogP contribution is 2.36. The van der Waals surface area contributed by atoms with Crippen LogP contribution in [0.25, 0.3) is 10.9 Å². The van der Waals surface area contributed by atoms with Crippen molar-refractivity contribution >= 4 is 57.5 Å². The monoisotopic (exact) mass is 627 g/mol. The zero-order chi connectivity index (χ0) is 31.5. The predicted octanol–water partition coefficient (Wildman–Crippen LogP) is 5.27. The molecule has 1 aliphatic rings. The van der Waals surface area contributed by atoms with Gasteiger partial charge in [-0.15, -0.1) is 0 Å². The van der Waals surface area contributed by atoms with E-state index in [0.717, 1.165) is 12.8 Å². The van der Waals surface area contributed by atoms with Gasteiger partial charge in [-0.3, -0.25) is 19.3 Å². The van der Waals surface area contributed by atoms with Crippen molar-refractivity contribution in [1.29, 1.82) is 0 Å². The van der Waals surface area contributed by atoms with E-state index in [0.29, 0.717) is 46.4 Å². The van der Waals surface area contributed by atoms with E-state index in [-0.39, 0.29) is 50.3 Å². The lowest BCUT2D eigenvalue weighted by Gasteiger charge is -2.19. The number of hydrogen-bond donors (Lipinski definition) is 2. The first-order chi connectivity index (χ1) is 21.2. The number of nitrogens with one attached hydrogen (secondary N) is 2. The molecule has 0 atom stereocenters. The maximum atomic E-state index is 13.7. The van der Waals surface area contributed by atoms with Crippen LogP contribution in [0.4, 0.5) is 21.6 Å². The third-order valence-corrected chi connectivity index (χ3v) is 6.87. The molecule has 0 radical (unpaired) electrons. The summed E-state index contributed by atoms with van der Waals surface area (Å²) in [6.07, 6.45) is 6.61. The van der Waals surface area contributed by atoms with Crippen LogP contribution in [0.5, 0.6) is 5.75 Å². The summed E-state index contributed by atoms with van der Waals surface area (Å²) in [5.74, 6) is -0.425. The van der Waals surface area contributed by atoms with E-state index in [1.807, 2.05) is 0 Å². The average Bonchev–Trinajstić information content (AvgIpc) is 3.82. The molecule has 1 fully saturated rings. The van der Waals surface area contributed by atoms with Crippen LogP contribution in [-0.4, -0.2) is 72.2 Å². The summed E-state index contributed by atoms with van der Waals surface area (Å²) in [5, 5.41) is 6.55. The van der Waals surface area contributed by atoms with Gasteiger partial charge in [0, 0.05) is 36.3 Å². The van der Waals surface area contributed by atoms with Crippen molar-refractivity contribution in [3.05, 3.63) is 59.7 Å². The minimum absolute atomic E-state index is 0.0365. The molecule has 13 heteroatoms. The van der Waals surface area contributed by atoms with Gasteiger partial charge in [0.2, 0.25) is 5.91 Å². The Hall–Kier alpha value is -4.29. The van der Waals surface area contributed by atoms with E-state index in [1.54, 1.807) is 37.0 Å². The number of ether oxygens (including phenoxy) is 3. The van der Waals surface area contributed by atoms with E-state index >= 15 is 0 Å². The van der Waals surface area contributed by atoms with Gasteiger partial charge in [0.15, 0.2) is 0 Å². The largest absolute Gasteiger partial charge is 0.491 e. The predicted molar refractivity (Wildman–Crippen MR) is 165 cm³/mol. The molecule has 0 unspecified atom stereocenters. The summed E-state index contributed by atoms with van der Waals surface area (Å²) in [6.45, 7) is 4.88. The number of halogens is 2. The third-order valence-electron chi connectivity index (χ3n) is 6.58. The average molecular weight is 628 g/mol. The Labute approximate surface area is 259 Å². The van der Waals surface area contributed by atoms with E-state index in [4.69, 9.17) is 25.8 Å². The normalized spacial score (nSPS) is 12.8. The highest BCUT2D eigenvalue weighted by molar-refractivity contribution is 6.31. The summed E-state index contributed by atoms with van der Waals surface area (Å²) in [7, 11) is 0. The number of amides is 1. The number of benzene rings is 2. The number of hydrogen-bond acceptors (Lipinski definition) is 10.